The van der Waals surface area contributed by atoms with Crippen LogP contribution in [0.3, 0.4) is 0 Å². The Balaban J connectivity index is 1.35. The van der Waals surface area contributed by atoms with Crippen molar-refractivity contribution in [3.63, 3.8) is 0 Å². The van der Waals surface area contributed by atoms with Crippen LogP contribution in [0.2, 0.25) is 0 Å². The van der Waals surface area contributed by atoms with Crippen molar-refractivity contribution in [2.24, 2.45) is 10.2 Å². The molecule has 0 N–H and O–H groups in total. The first-order valence-electron chi connectivity index (χ1n) is 13.5. The van der Waals surface area contributed by atoms with E-state index < -0.39 is 0 Å². The van der Waals surface area contributed by atoms with Gasteiger partial charge < -0.3 is 9.47 Å². The van der Waals surface area contributed by atoms with Crippen molar-refractivity contribution >= 4 is 59.5 Å². The number of thioether (sulfide) groups is 4. The monoisotopic (exact) mass is 640 g/mol. The summed E-state index contributed by atoms with van der Waals surface area (Å²) in [6, 6.07) is 15.9. The predicted molar refractivity (Wildman–Crippen MR) is 173 cm³/mol. The second-order valence-corrected chi connectivity index (χ2v) is 12.6. The number of fused-ring (bicyclic) bond motifs is 4. The molecule has 10 nitrogen and oxygen atoms in total. The van der Waals surface area contributed by atoms with Crippen molar-refractivity contribution in [3.05, 3.63) is 59.7 Å². The Bertz CT molecular complexity index is 1400. The Labute approximate surface area is 262 Å². The van der Waals surface area contributed by atoms with E-state index in [2.05, 4.69) is 20.4 Å². The van der Waals surface area contributed by atoms with E-state index in [9.17, 15) is 0 Å². The Hall–Kier alpha value is -2.94. The zero-order chi connectivity index (χ0) is 29.0. The van der Waals surface area contributed by atoms with Gasteiger partial charge in [0.05, 0.1) is 25.6 Å². The molecule has 0 atom stereocenters. The van der Waals surface area contributed by atoms with E-state index in [1.165, 1.54) is 23.5 Å². The second-order valence-electron chi connectivity index (χ2n) is 8.94. The first kappa shape index (κ1) is 30.5. The highest BCUT2D eigenvalue weighted by Gasteiger charge is 2.14. The van der Waals surface area contributed by atoms with E-state index >= 15 is 0 Å². The summed E-state index contributed by atoms with van der Waals surface area (Å²) in [7, 11) is 0. The molecule has 5 rings (SSSR count). The Morgan fingerprint density at radius 1 is 0.619 bits per heavy atom. The van der Waals surface area contributed by atoms with Crippen molar-refractivity contribution < 1.29 is 9.47 Å². The summed E-state index contributed by atoms with van der Waals surface area (Å²) in [6.45, 7) is 1.15. The molecular weight excluding hydrogens is 609 g/mol. The maximum Gasteiger partial charge on any atom is 0.212 e. The molecule has 1 aliphatic rings. The van der Waals surface area contributed by atoms with Crippen LogP contribution in [0.15, 0.2) is 79.4 Å². The summed E-state index contributed by atoms with van der Waals surface area (Å²) in [5.41, 5.74) is 1.81. The lowest BCUT2D eigenvalue weighted by Gasteiger charge is -2.11. The fourth-order valence-corrected chi connectivity index (χ4v) is 6.66. The van der Waals surface area contributed by atoms with Crippen LogP contribution >= 0.6 is 47.0 Å². The van der Waals surface area contributed by atoms with Gasteiger partial charge in [0.1, 0.15) is 11.5 Å². The summed E-state index contributed by atoms with van der Waals surface area (Å²) in [4.78, 5) is 0. The van der Waals surface area contributed by atoms with Crippen LogP contribution in [0.25, 0.3) is 0 Å². The standard InChI is InChI=1S/C28H32N8O2S4/c1-39-25-31-33-27-35(25)29-19-21-11-3-5-13-23(21)37-15-7-8-16-38-24-14-6-4-12-22(24)20-30-36-26(40-2)32-34-28(36)42-18-10-9-17-41-27/h3-6,11-14,19-20H,7-10,15-18H2,1-2H3/b29-19+,30-20+. The van der Waals surface area contributed by atoms with E-state index in [1.54, 1.807) is 32.9 Å². The summed E-state index contributed by atoms with van der Waals surface area (Å²) >= 11 is 6.36. The topological polar surface area (TPSA) is 105 Å². The van der Waals surface area contributed by atoms with Crippen molar-refractivity contribution in [2.45, 2.75) is 46.3 Å². The van der Waals surface area contributed by atoms with Gasteiger partial charge in [-0.15, -0.1) is 20.4 Å². The minimum absolute atomic E-state index is 0.576. The first-order chi connectivity index (χ1) is 20.8. The Kier molecular flexibility index (Phi) is 11.7. The molecule has 0 radical (unpaired) electrons. The third kappa shape index (κ3) is 8.12. The van der Waals surface area contributed by atoms with Crippen LogP contribution in [0.5, 0.6) is 11.5 Å². The highest BCUT2D eigenvalue weighted by Crippen LogP contribution is 2.26. The normalized spacial score (nSPS) is 16.8. The summed E-state index contributed by atoms with van der Waals surface area (Å²) in [5.74, 6) is 3.39. The molecule has 0 unspecified atom stereocenters. The van der Waals surface area contributed by atoms with Gasteiger partial charge in [-0.2, -0.15) is 19.6 Å². The molecule has 0 saturated carbocycles. The van der Waals surface area contributed by atoms with E-state index in [0.717, 1.165) is 80.4 Å². The minimum Gasteiger partial charge on any atom is -0.493 e. The molecule has 0 aliphatic carbocycles. The molecule has 220 valence electrons. The molecule has 0 saturated heterocycles. The van der Waals surface area contributed by atoms with Crippen molar-refractivity contribution in [1.29, 1.82) is 0 Å². The third-order valence-corrected chi connectivity index (χ3v) is 9.30. The predicted octanol–water partition coefficient (Wildman–Crippen LogP) is 6.29. The van der Waals surface area contributed by atoms with E-state index in [1.807, 2.05) is 73.5 Å². The summed E-state index contributed by atoms with van der Waals surface area (Å²) in [6.07, 6.45) is 11.3. The molecule has 42 heavy (non-hydrogen) atoms. The smallest absolute Gasteiger partial charge is 0.212 e. The van der Waals surface area contributed by atoms with Crippen LogP contribution < -0.4 is 9.47 Å². The second kappa shape index (κ2) is 16.1. The molecular formula is C28H32N8O2S4. The van der Waals surface area contributed by atoms with Gasteiger partial charge in [-0.1, -0.05) is 71.3 Å². The van der Waals surface area contributed by atoms with Gasteiger partial charge in [0.2, 0.25) is 20.6 Å². The van der Waals surface area contributed by atoms with Crippen molar-refractivity contribution in [3.8, 4) is 11.5 Å². The van der Waals surface area contributed by atoms with Gasteiger partial charge in [0.15, 0.2) is 0 Å². The number of hydrogen-bond acceptors (Lipinski definition) is 12. The molecule has 0 spiro atoms. The third-order valence-electron chi connectivity index (χ3n) is 6.05. The SMILES string of the molecule is CSc1nnc2n1/N=C/c1ccccc1OCCCCOc1ccccc1/C=N/n1c(SC)nnc1SCCCCS2. The van der Waals surface area contributed by atoms with Gasteiger partial charge in [0.25, 0.3) is 0 Å². The van der Waals surface area contributed by atoms with E-state index in [0.29, 0.717) is 13.2 Å². The van der Waals surface area contributed by atoms with Gasteiger partial charge in [-0.3, -0.25) is 0 Å². The molecule has 4 aromatic rings. The number of rotatable bonds is 2. The first-order valence-corrected chi connectivity index (χ1v) is 18.0. The summed E-state index contributed by atoms with van der Waals surface area (Å²) < 4.78 is 15.9. The zero-order valence-electron chi connectivity index (χ0n) is 23.5. The van der Waals surface area contributed by atoms with Crippen molar-refractivity contribution in [1.82, 2.24) is 29.7 Å². The number of benzene rings is 2. The largest absolute Gasteiger partial charge is 0.493 e. The molecule has 2 aromatic heterocycles. The average Bonchev–Trinajstić information content (AvgIpc) is 3.61. The molecule has 0 bridgehead atoms. The van der Waals surface area contributed by atoms with E-state index in [4.69, 9.17) is 19.7 Å². The zero-order valence-corrected chi connectivity index (χ0v) is 26.7. The van der Waals surface area contributed by atoms with Gasteiger partial charge in [0, 0.05) is 22.6 Å². The Morgan fingerprint density at radius 2 is 1.07 bits per heavy atom. The lowest BCUT2D eigenvalue weighted by Crippen LogP contribution is -2.05. The molecule has 14 heteroatoms. The maximum atomic E-state index is 6.13. The van der Waals surface area contributed by atoms with Crippen LogP contribution in [0, 0.1) is 0 Å². The lowest BCUT2D eigenvalue weighted by molar-refractivity contribution is 0.266. The fraction of sp³-hybridized carbons (Fsp3) is 0.357. The van der Waals surface area contributed by atoms with Crippen LogP contribution in [-0.4, -0.2) is 79.4 Å². The fourth-order valence-electron chi connectivity index (χ4n) is 3.91. The number of hydrogen-bond donors (Lipinski definition) is 0. The van der Waals surface area contributed by atoms with Crippen LogP contribution in [-0.2, 0) is 0 Å². The lowest BCUT2D eigenvalue weighted by atomic mass is 10.2. The highest BCUT2D eigenvalue weighted by molar-refractivity contribution is 8.00. The maximum absolute atomic E-state index is 6.13. The van der Waals surface area contributed by atoms with Crippen molar-refractivity contribution in [2.75, 3.05) is 37.2 Å². The molecule has 2 aromatic carbocycles. The Morgan fingerprint density at radius 3 is 1.52 bits per heavy atom. The molecule has 3 heterocycles. The van der Waals surface area contributed by atoms with Gasteiger partial charge in [-0.05, 0) is 62.5 Å². The number of para-hydroxylation sites is 2. The number of nitrogens with zero attached hydrogens (tertiary/aromatic N) is 8. The highest BCUT2D eigenvalue weighted by atomic mass is 32.2. The average molecular weight is 641 g/mol. The number of aromatic nitrogens is 6. The van der Waals surface area contributed by atoms with E-state index in [-0.39, 0.29) is 0 Å². The van der Waals surface area contributed by atoms with Gasteiger partial charge >= 0.3 is 0 Å². The molecule has 1 aliphatic heterocycles. The minimum atomic E-state index is 0.576. The number of ether oxygens (including phenoxy) is 2. The quantitative estimate of drug-likeness (QED) is 0.232. The van der Waals surface area contributed by atoms with Crippen LogP contribution in [0.4, 0.5) is 0 Å². The van der Waals surface area contributed by atoms with Gasteiger partial charge in [-0.25, -0.2) is 0 Å². The molecule has 0 amide bonds. The molecule has 0 fully saturated rings. The summed E-state index contributed by atoms with van der Waals surface area (Å²) in [5, 5.41) is 29.9. The van der Waals surface area contributed by atoms with Crippen LogP contribution in [0.1, 0.15) is 36.8 Å².